The zero-order valence-corrected chi connectivity index (χ0v) is 11.4. The number of nitrogens with zero attached hydrogens (tertiary/aromatic N) is 1. The number of rotatable bonds is 1. The van der Waals surface area contributed by atoms with Crippen LogP contribution in [-0.4, -0.2) is 29.4 Å². The Morgan fingerprint density at radius 1 is 1.33 bits per heavy atom. The van der Waals surface area contributed by atoms with Crippen molar-refractivity contribution in [3.63, 3.8) is 0 Å². The van der Waals surface area contributed by atoms with Gasteiger partial charge in [-0.25, -0.2) is 0 Å². The third-order valence-electron chi connectivity index (χ3n) is 3.93. The molecule has 3 nitrogen and oxygen atoms in total. The van der Waals surface area contributed by atoms with Gasteiger partial charge in [0.15, 0.2) is 0 Å². The van der Waals surface area contributed by atoms with Crippen LogP contribution < -0.4 is 5.73 Å². The quantitative estimate of drug-likeness (QED) is 0.826. The maximum atomic E-state index is 12.5. The van der Waals surface area contributed by atoms with E-state index in [0.29, 0.717) is 0 Å². The third kappa shape index (κ3) is 2.56. The number of carbonyl (C=O) groups is 1. The summed E-state index contributed by atoms with van der Waals surface area (Å²) in [6.45, 7) is 6.96. The Labute approximate surface area is 109 Å². The van der Waals surface area contributed by atoms with Crippen molar-refractivity contribution < 1.29 is 4.79 Å². The van der Waals surface area contributed by atoms with E-state index in [9.17, 15) is 4.79 Å². The van der Waals surface area contributed by atoms with E-state index in [1.54, 1.807) is 0 Å². The van der Waals surface area contributed by atoms with Gasteiger partial charge in [0.05, 0.1) is 0 Å². The van der Waals surface area contributed by atoms with Gasteiger partial charge in [0, 0.05) is 24.2 Å². The first kappa shape index (κ1) is 13.1. The van der Waals surface area contributed by atoms with Gasteiger partial charge in [-0.2, -0.15) is 0 Å². The molecule has 18 heavy (non-hydrogen) atoms. The smallest absolute Gasteiger partial charge is 0.254 e. The fourth-order valence-corrected chi connectivity index (χ4v) is 2.55. The minimum atomic E-state index is 0.137. The largest absolute Gasteiger partial charge is 0.336 e. The lowest BCUT2D eigenvalue weighted by Gasteiger charge is -2.36. The van der Waals surface area contributed by atoms with Gasteiger partial charge < -0.3 is 10.6 Å². The molecular weight excluding hydrogens is 224 g/mol. The number of likely N-dealkylation sites (tertiary alicyclic amines) is 1. The lowest BCUT2D eigenvalue weighted by Crippen LogP contribution is -2.48. The number of amides is 1. The van der Waals surface area contributed by atoms with Crippen LogP contribution in [0.3, 0.4) is 0 Å². The van der Waals surface area contributed by atoms with Gasteiger partial charge in [0.2, 0.25) is 0 Å². The van der Waals surface area contributed by atoms with E-state index < -0.39 is 0 Å². The second-order valence-corrected chi connectivity index (χ2v) is 5.43. The third-order valence-corrected chi connectivity index (χ3v) is 3.93. The van der Waals surface area contributed by atoms with Crippen molar-refractivity contribution in [3.05, 3.63) is 34.9 Å². The second-order valence-electron chi connectivity index (χ2n) is 5.43. The molecule has 2 atom stereocenters. The number of hydrogen-bond acceptors (Lipinski definition) is 2. The molecule has 1 heterocycles. The summed E-state index contributed by atoms with van der Waals surface area (Å²) >= 11 is 0. The van der Waals surface area contributed by atoms with Crippen LogP contribution in [0.4, 0.5) is 0 Å². The first-order valence-electron chi connectivity index (χ1n) is 6.63. The SMILES string of the molecule is Cc1ccc(C(=O)N2CC[C@H](N)C[C@@H]2C)cc1C. The van der Waals surface area contributed by atoms with Gasteiger partial charge in [0.1, 0.15) is 0 Å². The van der Waals surface area contributed by atoms with E-state index in [1.807, 2.05) is 30.0 Å². The summed E-state index contributed by atoms with van der Waals surface area (Å²) in [6, 6.07) is 6.40. The molecule has 1 amide bonds. The van der Waals surface area contributed by atoms with Crippen LogP contribution in [0.15, 0.2) is 18.2 Å². The molecule has 0 radical (unpaired) electrons. The van der Waals surface area contributed by atoms with E-state index in [2.05, 4.69) is 13.8 Å². The zero-order valence-electron chi connectivity index (χ0n) is 11.4. The molecule has 1 aromatic carbocycles. The number of nitrogens with two attached hydrogens (primary N) is 1. The van der Waals surface area contributed by atoms with Crippen molar-refractivity contribution >= 4 is 5.91 Å². The highest BCUT2D eigenvalue weighted by molar-refractivity contribution is 5.94. The molecule has 2 rings (SSSR count). The molecule has 98 valence electrons. The highest BCUT2D eigenvalue weighted by Crippen LogP contribution is 2.20. The van der Waals surface area contributed by atoms with E-state index >= 15 is 0 Å². The summed E-state index contributed by atoms with van der Waals surface area (Å²) in [6.07, 6.45) is 1.80. The molecule has 1 aliphatic heterocycles. The maximum Gasteiger partial charge on any atom is 0.254 e. The summed E-state index contributed by atoms with van der Waals surface area (Å²) < 4.78 is 0. The minimum absolute atomic E-state index is 0.137. The van der Waals surface area contributed by atoms with E-state index in [0.717, 1.165) is 24.9 Å². The fourth-order valence-electron chi connectivity index (χ4n) is 2.55. The van der Waals surface area contributed by atoms with Crippen LogP contribution >= 0.6 is 0 Å². The molecule has 0 bridgehead atoms. The zero-order chi connectivity index (χ0) is 13.3. The van der Waals surface area contributed by atoms with Crippen molar-refractivity contribution in [3.8, 4) is 0 Å². The van der Waals surface area contributed by atoms with Crippen molar-refractivity contribution in [1.82, 2.24) is 4.90 Å². The molecule has 1 saturated heterocycles. The molecule has 0 spiro atoms. The molecular formula is C15H22N2O. The Morgan fingerprint density at radius 2 is 2.06 bits per heavy atom. The number of carbonyl (C=O) groups excluding carboxylic acids is 1. The molecule has 0 aromatic heterocycles. The normalized spacial score (nSPS) is 24.1. The first-order chi connectivity index (χ1) is 8.49. The highest BCUT2D eigenvalue weighted by atomic mass is 16.2. The van der Waals surface area contributed by atoms with Gasteiger partial charge in [-0.15, -0.1) is 0 Å². The van der Waals surface area contributed by atoms with E-state index in [4.69, 9.17) is 5.73 Å². The summed E-state index contributed by atoms with van der Waals surface area (Å²) in [7, 11) is 0. The van der Waals surface area contributed by atoms with Crippen molar-refractivity contribution in [2.75, 3.05) is 6.54 Å². The number of aryl methyl sites for hydroxylation is 2. The van der Waals surface area contributed by atoms with Crippen LogP contribution in [0.25, 0.3) is 0 Å². The number of piperidine rings is 1. The summed E-state index contributed by atoms with van der Waals surface area (Å²) in [5.74, 6) is 0.137. The van der Waals surface area contributed by atoms with E-state index in [-0.39, 0.29) is 18.0 Å². The summed E-state index contributed by atoms with van der Waals surface area (Å²) in [5, 5.41) is 0. The van der Waals surface area contributed by atoms with E-state index in [1.165, 1.54) is 11.1 Å². The van der Waals surface area contributed by atoms with Crippen molar-refractivity contribution in [2.24, 2.45) is 5.73 Å². The van der Waals surface area contributed by atoms with Crippen LogP contribution in [0, 0.1) is 13.8 Å². The predicted octanol–water partition coefficient (Wildman–Crippen LogP) is 2.26. The molecule has 2 N–H and O–H groups in total. The molecule has 0 saturated carbocycles. The molecule has 0 unspecified atom stereocenters. The number of benzene rings is 1. The van der Waals surface area contributed by atoms with Gasteiger partial charge >= 0.3 is 0 Å². The second kappa shape index (κ2) is 5.11. The maximum absolute atomic E-state index is 12.5. The molecule has 0 aliphatic carbocycles. The number of hydrogen-bond donors (Lipinski definition) is 1. The first-order valence-corrected chi connectivity index (χ1v) is 6.63. The highest BCUT2D eigenvalue weighted by Gasteiger charge is 2.27. The molecule has 1 aliphatic rings. The Balaban J connectivity index is 2.18. The average molecular weight is 246 g/mol. The van der Waals surface area contributed by atoms with Crippen LogP contribution in [0.1, 0.15) is 41.3 Å². The van der Waals surface area contributed by atoms with Crippen LogP contribution in [0.2, 0.25) is 0 Å². The Kier molecular flexibility index (Phi) is 3.71. The summed E-state index contributed by atoms with van der Waals surface area (Å²) in [4.78, 5) is 14.4. The van der Waals surface area contributed by atoms with Crippen molar-refractivity contribution in [1.29, 1.82) is 0 Å². The average Bonchev–Trinajstić information content (AvgIpc) is 2.32. The Morgan fingerprint density at radius 3 is 2.67 bits per heavy atom. The van der Waals surface area contributed by atoms with Crippen LogP contribution in [-0.2, 0) is 0 Å². The minimum Gasteiger partial charge on any atom is -0.336 e. The lowest BCUT2D eigenvalue weighted by atomic mass is 9.97. The van der Waals surface area contributed by atoms with Gasteiger partial charge in [-0.05, 0) is 56.9 Å². The topological polar surface area (TPSA) is 46.3 Å². The summed E-state index contributed by atoms with van der Waals surface area (Å²) in [5.41, 5.74) is 9.12. The van der Waals surface area contributed by atoms with Gasteiger partial charge in [-0.1, -0.05) is 6.07 Å². The molecule has 1 fully saturated rings. The lowest BCUT2D eigenvalue weighted by molar-refractivity contribution is 0.0619. The molecule has 1 aromatic rings. The molecule has 3 heteroatoms. The van der Waals surface area contributed by atoms with Gasteiger partial charge in [0.25, 0.3) is 5.91 Å². The fraction of sp³-hybridized carbons (Fsp3) is 0.533. The van der Waals surface area contributed by atoms with Gasteiger partial charge in [-0.3, -0.25) is 4.79 Å². The Bertz CT molecular complexity index is 456. The predicted molar refractivity (Wildman–Crippen MR) is 73.6 cm³/mol. The monoisotopic (exact) mass is 246 g/mol. The van der Waals surface area contributed by atoms with Crippen molar-refractivity contribution in [2.45, 2.75) is 45.7 Å². The van der Waals surface area contributed by atoms with Crippen LogP contribution in [0.5, 0.6) is 0 Å². The standard InChI is InChI=1S/C15H22N2O/c1-10-4-5-13(8-11(10)2)15(18)17-7-6-14(16)9-12(17)3/h4-5,8,12,14H,6-7,9,16H2,1-3H3/t12-,14-/m0/s1. The Hall–Kier alpha value is -1.35.